The van der Waals surface area contributed by atoms with E-state index < -0.39 is 0 Å². The van der Waals surface area contributed by atoms with E-state index in [2.05, 4.69) is 26.3 Å². The highest BCUT2D eigenvalue weighted by molar-refractivity contribution is 5.17. The second-order valence-electron chi connectivity index (χ2n) is 1.35. The molecule has 0 saturated heterocycles. The molecule has 0 bridgehead atoms. The standard InChI is InChI=1S/C7H10.C2H6.C2H4/c1-4-6-7(3)5-2;2*1-2/h4-6H,1-2H2,3H3;1-2H3;1-2H2/b7-6-;;. The van der Waals surface area contributed by atoms with Gasteiger partial charge in [-0.25, -0.2) is 0 Å². The van der Waals surface area contributed by atoms with Crippen molar-refractivity contribution in [2.75, 3.05) is 0 Å². The molecule has 0 aliphatic rings. The van der Waals surface area contributed by atoms with Crippen molar-refractivity contribution in [3.63, 3.8) is 0 Å². The quantitative estimate of drug-likeness (QED) is 0.412. The SMILES string of the molecule is C=C.C=C/C=C(/C)C=C.CC. The van der Waals surface area contributed by atoms with Crippen LogP contribution >= 0.6 is 0 Å². The van der Waals surface area contributed by atoms with Gasteiger partial charge in [0.05, 0.1) is 0 Å². The van der Waals surface area contributed by atoms with Gasteiger partial charge in [0.25, 0.3) is 0 Å². The maximum absolute atomic E-state index is 3.56. The lowest BCUT2D eigenvalue weighted by atomic mass is 10.3. The van der Waals surface area contributed by atoms with Crippen molar-refractivity contribution in [2.45, 2.75) is 20.8 Å². The second kappa shape index (κ2) is 23.1. The molecular weight excluding hydrogens is 132 g/mol. The molecule has 0 rings (SSSR count). The van der Waals surface area contributed by atoms with E-state index in [9.17, 15) is 0 Å². The van der Waals surface area contributed by atoms with Crippen LogP contribution < -0.4 is 0 Å². The van der Waals surface area contributed by atoms with E-state index in [-0.39, 0.29) is 0 Å². The molecule has 0 fully saturated rings. The van der Waals surface area contributed by atoms with Crippen molar-refractivity contribution in [2.24, 2.45) is 0 Å². The number of rotatable bonds is 2. The minimum absolute atomic E-state index is 1.15. The minimum atomic E-state index is 1.15. The Balaban J connectivity index is -0.000000138. The normalized spacial score (nSPS) is 7.73. The van der Waals surface area contributed by atoms with Gasteiger partial charge in [0.2, 0.25) is 0 Å². The minimum Gasteiger partial charge on any atom is -0.106 e. The zero-order valence-corrected chi connectivity index (χ0v) is 8.06. The molecule has 0 radical (unpaired) electrons. The van der Waals surface area contributed by atoms with Crippen molar-refractivity contribution in [1.82, 2.24) is 0 Å². The first-order valence-electron chi connectivity index (χ1n) is 3.73. The summed E-state index contributed by atoms with van der Waals surface area (Å²) in [6, 6.07) is 0. The second-order valence-corrected chi connectivity index (χ2v) is 1.35. The van der Waals surface area contributed by atoms with Crippen LogP contribution in [-0.2, 0) is 0 Å². The van der Waals surface area contributed by atoms with Gasteiger partial charge in [0.1, 0.15) is 0 Å². The first kappa shape index (κ1) is 16.5. The van der Waals surface area contributed by atoms with Gasteiger partial charge in [-0.15, -0.1) is 13.2 Å². The van der Waals surface area contributed by atoms with E-state index in [1.807, 2.05) is 26.8 Å². The van der Waals surface area contributed by atoms with Gasteiger partial charge in [0, 0.05) is 0 Å². The molecule has 64 valence electrons. The molecule has 0 atom stereocenters. The molecule has 0 saturated carbocycles. The van der Waals surface area contributed by atoms with Gasteiger partial charge in [-0.3, -0.25) is 0 Å². The van der Waals surface area contributed by atoms with E-state index in [4.69, 9.17) is 0 Å². The summed E-state index contributed by atoms with van der Waals surface area (Å²) >= 11 is 0. The summed E-state index contributed by atoms with van der Waals surface area (Å²) in [6.45, 7) is 19.1. The molecule has 0 aliphatic heterocycles. The Morgan fingerprint density at radius 2 is 1.45 bits per heavy atom. The zero-order valence-electron chi connectivity index (χ0n) is 8.06. The third-order valence-corrected chi connectivity index (χ3v) is 0.703. The molecule has 0 heteroatoms. The number of allylic oxidation sites excluding steroid dienone is 4. The Bertz CT molecular complexity index is 107. The van der Waals surface area contributed by atoms with Crippen LogP contribution in [0.2, 0.25) is 0 Å². The maximum atomic E-state index is 3.56. The Morgan fingerprint density at radius 3 is 1.55 bits per heavy atom. The lowest BCUT2D eigenvalue weighted by Crippen LogP contribution is -1.58. The molecule has 0 aliphatic carbocycles. The van der Waals surface area contributed by atoms with Crippen LogP contribution in [-0.4, -0.2) is 0 Å². The first-order valence-corrected chi connectivity index (χ1v) is 3.73. The molecule has 0 amide bonds. The van der Waals surface area contributed by atoms with E-state index >= 15 is 0 Å². The van der Waals surface area contributed by atoms with E-state index in [0.29, 0.717) is 0 Å². The summed E-state index contributed by atoms with van der Waals surface area (Å²) in [5.74, 6) is 0. The highest BCUT2D eigenvalue weighted by atomic mass is 13.8. The summed E-state index contributed by atoms with van der Waals surface area (Å²) in [5, 5.41) is 0. The molecule has 0 aromatic rings. The van der Waals surface area contributed by atoms with Crippen molar-refractivity contribution in [1.29, 1.82) is 0 Å². The summed E-state index contributed by atoms with van der Waals surface area (Å²) in [5.41, 5.74) is 1.15. The van der Waals surface area contributed by atoms with Gasteiger partial charge < -0.3 is 0 Å². The van der Waals surface area contributed by atoms with E-state index in [0.717, 1.165) is 5.57 Å². The van der Waals surface area contributed by atoms with Gasteiger partial charge in [0.15, 0.2) is 0 Å². The predicted molar refractivity (Wildman–Crippen MR) is 56.8 cm³/mol. The smallest absolute Gasteiger partial charge is 0.0398 e. The Kier molecular flexibility index (Phi) is 34.6. The molecule has 11 heavy (non-hydrogen) atoms. The molecule has 0 unspecified atom stereocenters. The van der Waals surface area contributed by atoms with Crippen LogP contribution in [0.3, 0.4) is 0 Å². The summed E-state index contributed by atoms with van der Waals surface area (Å²) < 4.78 is 0. The molecule has 0 N–H and O–H groups in total. The Labute approximate surface area is 71.6 Å². The Morgan fingerprint density at radius 1 is 1.09 bits per heavy atom. The molecule has 0 spiro atoms. The zero-order chi connectivity index (χ0) is 9.70. The number of hydrogen-bond donors (Lipinski definition) is 0. The fraction of sp³-hybridized carbons (Fsp3) is 0.273. The van der Waals surface area contributed by atoms with Gasteiger partial charge in [-0.2, -0.15) is 0 Å². The van der Waals surface area contributed by atoms with E-state index in [1.165, 1.54) is 0 Å². The van der Waals surface area contributed by atoms with Crippen LogP contribution in [0.1, 0.15) is 20.8 Å². The summed E-state index contributed by atoms with van der Waals surface area (Å²) in [4.78, 5) is 0. The van der Waals surface area contributed by atoms with Crippen molar-refractivity contribution < 1.29 is 0 Å². The molecule has 0 aromatic heterocycles. The van der Waals surface area contributed by atoms with Crippen LogP contribution in [0.25, 0.3) is 0 Å². The lowest BCUT2D eigenvalue weighted by Gasteiger charge is -1.80. The molecule has 0 nitrogen and oxygen atoms in total. The molecule has 0 aromatic carbocycles. The van der Waals surface area contributed by atoms with Crippen molar-refractivity contribution in [3.05, 3.63) is 50.1 Å². The van der Waals surface area contributed by atoms with Crippen LogP contribution in [0, 0.1) is 0 Å². The Hall–Kier alpha value is -1.04. The monoisotopic (exact) mass is 152 g/mol. The molecular formula is C11H20. The molecule has 0 heterocycles. The summed E-state index contributed by atoms with van der Waals surface area (Å²) in [7, 11) is 0. The largest absolute Gasteiger partial charge is 0.106 e. The van der Waals surface area contributed by atoms with Crippen LogP contribution in [0.15, 0.2) is 50.1 Å². The highest BCUT2D eigenvalue weighted by Gasteiger charge is 1.68. The third kappa shape index (κ3) is 27.7. The van der Waals surface area contributed by atoms with Crippen molar-refractivity contribution in [3.8, 4) is 0 Å². The predicted octanol–water partition coefficient (Wildman–Crippen LogP) is 4.13. The fourth-order valence-electron chi connectivity index (χ4n) is 0.254. The summed E-state index contributed by atoms with van der Waals surface area (Å²) in [6.07, 6.45) is 5.45. The van der Waals surface area contributed by atoms with Gasteiger partial charge >= 0.3 is 0 Å². The van der Waals surface area contributed by atoms with Crippen LogP contribution in [0.4, 0.5) is 0 Å². The van der Waals surface area contributed by atoms with Gasteiger partial charge in [-0.05, 0) is 6.92 Å². The lowest BCUT2D eigenvalue weighted by molar-refractivity contribution is 1.50. The highest BCUT2D eigenvalue weighted by Crippen LogP contribution is 1.90. The number of hydrogen-bond acceptors (Lipinski definition) is 0. The van der Waals surface area contributed by atoms with Crippen LogP contribution in [0.5, 0.6) is 0 Å². The van der Waals surface area contributed by atoms with Gasteiger partial charge in [-0.1, -0.05) is 50.8 Å². The first-order chi connectivity index (χ1) is 5.31. The van der Waals surface area contributed by atoms with Crippen molar-refractivity contribution >= 4 is 0 Å². The average molecular weight is 152 g/mol. The topological polar surface area (TPSA) is 0 Å². The fourth-order valence-corrected chi connectivity index (χ4v) is 0.254. The van der Waals surface area contributed by atoms with E-state index in [1.54, 1.807) is 12.2 Å². The third-order valence-electron chi connectivity index (χ3n) is 0.703. The maximum Gasteiger partial charge on any atom is -0.0398 e. The average Bonchev–Trinajstić information content (AvgIpc) is 2.12.